The fourth-order valence-electron chi connectivity index (χ4n) is 2.32. The molecule has 0 aliphatic carbocycles. The van der Waals surface area contributed by atoms with E-state index < -0.39 is 0 Å². The van der Waals surface area contributed by atoms with Gasteiger partial charge in [0.2, 0.25) is 5.91 Å². The molecule has 2 aliphatic rings. The van der Waals surface area contributed by atoms with Gasteiger partial charge < -0.3 is 15.0 Å². The number of hydrogen-bond acceptors (Lipinski definition) is 3. The molecule has 1 N–H and O–H groups in total. The molecule has 0 aromatic carbocycles. The van der Waals surface area contributed by atoms with E-state index in [1.807, 2.05) is 18.7 Å². The Morgan fingerprint density at radius 2 is 2.33 bits per heavy atom. The summed E-state index contributed by atoms with van der Waals surface area (Å²) in [4.78, 5) is 14.0. The molecule has 2 rings (SSSR count). The van der Waals surface area contributed by atoms with E-state index in [0.717, 1.165) is 25.9 Å². The predicted octanol–water partition coefficient (Wildman–Crippen LogP) is 0.376. The molecule has 4 nitrogen and oxygen atoms in total. The van der Waals surface area contributed by atoms with Gasteiger partial charge in [-0.15, -0.1) is 0 Å². The van der Waals surface area contributed by atoms with Crippen molar-refractivity contribution >= 4 is 5.91 Å². The number of amides is 1. The second kappa shape index (κ2) is 4.10. The summed E-state index contributed by atoms with van der Waals surface area (Å²) in [6.07, 6.45) is 2.10. The zero-order chi connectivity index (χ0) is 10.9. The largest absolute Gasteiger partial charge is 0.372 e. The van der Waals surface area contributed by atoms with Crippen LogP contribution in [0.2, 0.25) is 0 Å². The van der Waals surface area contributed by atoms with Crippen LogP contribution in [0.5, 0.6) is 0 Å². The molecule has 2 saturated heterocycles. The van der Waals surface area contributed by atoms with E-state index in [0.29, 0.717) is 13.2 Å². The lowest BCUT2D eigenvalue weighted by molar-refractivity contribution is -0.147. The predicted molar refractivity (Wildman–Crippen MR) is 57.6 cm³/mol. The van der Waals surface area contributed by atoms with E-state index in [4.69, 9.17) is 4.74 Å². The maximum atomic E-state index is 12.1. The van der Waals surface area contributed by atoms with Crippen LogP contribution in [0.25, 0.3) is 0 Å². The second-order valence-corrected chi connectivity index (χ2v) is 5.02. The number of ether oxygens (including phenoxy) is 1. The molecule has 0 aromatic rings. The molecule has 0 spiro atoms. The van der Waals surface area contributed by atoms with E-state index in [2.05, 4.69) is 5.32 Å². The van der Waals surface area contributed by atoms with Crippen LogP contribution in [0.3, 0.4) is 0 Å². The number of nitrogens with zero attached hydrogens (tertiary/aromatic N) is 1. The van der Waals surface area contributed by atoms with Gasteiger partial charge in [-0.05, 0) is 33.2 Å². The molecular formula is C11H20N2O2. The molecule has 0 aromatic heterocycles. The third-order valence-corrected chi connectivity index (χ3v) is 3.10. The van der Waals surface area contributed by atoms with Gasteiger partial charge >= 0.3 is 0 Å². The normalized spacial score (nSPS) is 30.5. The highest BCUT2D eigenvalue weighted by molar-refractivity contribution is 5.82. The minimum atomic E-state index is -0.188. The highest BCUT2D eigenvalue weighted by Crippen LogP contribution is 2.18. The number of rotatable bonds is 1. The Balaban J connectivity index is 1.94. The van der Waals surface area contributed by atoms with Gasteiger partial charge in [-0.3, -0.25) is 4.79 Å². The Morgan fingerprint density at radius 1 is 1.53 bits per heavy atom. The van der Waals surface area contributed by atoms with Crippen molar-refractivity contribution in [2.24, 2.45) is 0 Å². The molecule has 86 valence electrons. The van der Waals surface area contributed by atoms with Crippen molar-refractivity contribution in [1.82, 2.24) is 10.2 Å². The van der Waals surface area contributed by atoms with Gasteiger partial charge in [0.1, 0.15) is 0 Å². The lowest BCUT2D eigenvalue weighted by atomic mass is 10.1. The summed E-state index contributed by atoms with van der Waals surface area (Å²) in [6, 6.07) is 0.0545. The first-order chi connectivity index (χ1) is 7.08. The van der Waals surface area contributed by atoms with Crippen molar-refractivity contribution in [3.63, 3.8) is 0 Å². The van der Waals surface area contributed by atoms with Gasteiger partial charge in [-0.2, -0.15) is 0 Å². The number of carbonyl (C=O) groups is 1. The quantitative estimate of drug-likeness (QED) is 0.683. The molecular weight excluding hydrogens is 192 g/mol. The van der Waals surface area contributed by atoms with Crippen LogP contribution in [0.15, 0.2) is 0 Å². The first-order valence-corrected chi connectivity index (χ1v) is 5.75. The van der Waals surface area contributed by atoms with Crippen molar-refractivity contribution < 1.29 is 9.53 Å². The number of nitrogens with one attached hydrogen (secondary N) is 1. The second-order valence-electron chi connectivity index (χ2n) is 5.02. The van der Waals surface area contributed by atoms with Crippen molar-refractivity contribution in [2.75, 3.05) is 26.2 Å². The summed E-state index contributed by atoms with van der Waals surface area (Å²) in [5.74, 6) is 0.254. The van der Waals surface area contributed by atoms with E-state index in [9.17, 15) is 4.79 Å². The minimum Gasteiger partial charge on any atom is -0.372 e. The molecule has 2 fully saturated rings. The topological polar surface area (TPSA) is 41.6 Å². The summed E-state index contributed by atoms with van der Waals surface area (Å²) in [6.45, 7) is 7.16. The Bertz CT molecular complexity index is 247. The van der Waals surface area contributed by atoms with E-state index in [1.165, 1.54) is 0 Å². The SMILES string of the molecule is CC1(C)CN(C(=O)[C@@H]2CCCN2)CCO1. The average molecular weight is 212 g/mol. The van der Waals surface area contributed by atoms with E-state index >= 15 is 0 Å². The van der Waals surface area contributed by atoms with Gasteiger partial charge in [0.05, 0.1) is 18.2 Å². The molecule has 0 saturated carbocycles. The summed E-state index contributed by atoms with van der Waals surface area (Å²) in [7, 11) is 0. The monoisotopic (exact) mass is 212 g/mol. The van der Waals surface area contributed by atoms with Gasteiger partial charge in [0.15, 0.2) is 0 Å². The van der Waals surface area contributed by atoms with Crippen molar-refractivity contribution in [1.29, 1.82) is 0 Å². The summed E-state index contributed by atoms with van der Waals surface area (Å²) >= 11 is 0. The van der Waals surface area contributed by atoms with Crippen molar-refractivity contribution in [3.8, 4) is 0 Å². The molecule has 1 atom stereocenters. The fourth-order valence-corrected chi connectivity index (χ4v) is 2.32. The van der Waals surface area contributed by atoms with Crippen LogP contribution in [0.4, 0.5) is 0 Å². The highest BCUT2D eigenvalue weighted by Gasteiger charge is 2.33. The Morgan fingerprint density at radius 3 is 2.93 bits per heavy atom. The molecule has 0 radical (unpaired) electrons. The average Bonchev–Trinajstić information content (AvgIpc) is 2.67. The molecule has 4 heteroatoms. The summed E-state index contributed by atoms with van der Waals surface area (Å²) in [5, 5.41) is 3.25. The Labute approximate surface area is 91.0 Å². The molecule has 1 amide bonds. The lowest BCUT2D eigenvalue weighted by Crippen LogP contribution is -2.54. The maximum Gasteiger partial charge on any atom is 0.239 e. The molecule has 2 heterocycles. The zero-order valence-corrected chi connectivity index (χ0v) is 9.58. The van der Waals surface area contributed by atoms with Crippen LogP contribution in [-0.4, -0.2) is 48.7 Å². The first kappa shape index (κ1) is 10.9. The zero-order valence-electron chi connectivity index (χ0n) is 9.58. The molecule has 2 aliphatic heterocycles. The van der Waals surface area contributed by atoms with Gasteiger partial charge in [0, 0.05) is 13.1 Å². The number of hydrogen-bond donors (Lipinski definition) is 1. The fraction of sp³-hybridized carbons (Fsp3) is 0.909. The van der Waals surface area contributed by atoms with Gasteiger partial charge in [-0.25, -0.2) is 0 Å². The standard InChI is InChI=1S/C11H20N2O2/c1-11(2)8-13(6-7-15-11)10(14)9-4-3-5-12-9/h9,12H,3-8H2,1-2H3/t9-/m0/s1. The van der Waals surface area contributed by atoms with Gasteiger partial charge in [0.25, 0.3) is 0 Å². The maximum absolute atomic E-state index is 12.1. The van der Waals surface area contributed by atoms with Crippen LogP contribution in [0.1, 0.15) is 26.7 Å². The Hall–Kier alpha value is -0.610. The van der Waals surface area contributed by atoms with Crippen LogP contribution in [0, 0.1) is 0 Å². The van der Waals surface area contributed by atoms with Crippen molar-refractivity contribution in [2.45, 2.75) is 38.3 Å². The van der Waals surface area contributed by atoms with E-state index in [-0.39, 0.29) is 17.6 Å². The lowest BCUT2D eigenvalue weighted by Gasteiger charge is -2.39. The van der Waals surface area contributed by atoms with Crippen LogP contribution >= 0.6 is 0 Å². The smallest absolute Gasteiger partial charge is 0.239 e. The van der Waals surface area contributed by atoms with Crippen LogP contribution < -0.4 is 5.32 Å². The van der Waals surface area contributed by atoms with Crippen LogP contribution in [-0.2, 0) is 9.53 Å². The first-order valence-electron chi connectivity index (χ1n) is 5.75. The summed E-state index contributed by atoms with van der Waals surface area (Å²) < 4.78 is 5.59. The third kappa shape index (κ3) is 2.49. The number of carbonyl (C=O) groups excluding carboxylic acids is 1. The minimum absolute atomic E-state index is 0.0545. The molecule has 0 bridgehead atoms. The molecule has 15 heavy (non-hydrogen) atoms. The Kier molecular flexibility index (Phi) is 2.98. The van der Waals surface area contributed by atoms with Gasteiger partial charge in [-0.1, -0.05) is 0 Å². The van der Waals surface area contributed by atoms with Crippen molar-refractivity contribution in [3.05, 3.63) is 0 Å². The summed E-state index contributed by atoms with van der Waals surface area (Å²) in [5.41, 5.74) is -0.188. The molecule has 0 unspecified atom stereocenters. The van der Waals surface area contributed by atoms with E-state index in [1.54, 1.807) is 0 Å². The third-order valence-electron chi connectivity index (χ3n) is 3.10. The highest BCUT2D eigenvalue weighted by atomic mass is 16.5. The number of morpholine rings is 1.